The van der Waals surface area contributed by atoms with Gasteiger partial charge in [-0.2, -0.15) is 0 Å². The highest BCUT2D eigenvalue weighted by Gasteiger charge is 2.29. The van der Waals surface area contributed by atoms with E-state index in [9.17, 15) is 14.4 Å². The molecule has 4 heterocycles. The van der Waals surface area contributed by atoms with Crippen LogP contribution >= 0.6 is 34.8 Å². The lowest BCUT2D eigenvalue weighted by Gasteiger charge is -2.31. The standard InChI is InChI=1S/C21H30ClN5O3.C18H24N4O3.C15H12ClNO2.C15H14ClNO.CH4/c1-6-29-17-8-7-9-18(30-13-12-26(4)5)19(17)20(28)27(11-10-25(2)3)21-23-14-16(22)15-24-21;1-5-24-14-7-6-8-15(25-10-9-22(3)4)16(14)17(23)21-18-19-11-13(2)12-20-18;1-10-8-12(6-7-13(10)16)17-9-11-4-2-3-5-14(11)19-15(17)18;1-11-8-13(6-7-14(11)16)17-9-12-4-2-3-5-15(12)18-10-17;/h7-9,14-15H,6,10-13H2,1-5H3;6-8,11-12H,5,9-10H2,1-4H3,(H,19,20,21,23);2-8H,9H2,1H3;2-8H,9-10H2,1H3;1H4. The molecule has 0 atom stereocenters. The van der Waals surface area contributed by atoms with Crippen LogP contribution in [-0.4, -0.2) is 154 Å². The van der Waals surface area contributed by atoms with Gasteiger partial charge in [0.1, 0.15) is 58.8 Å². The number of carbonyl (C=O) groups is 3. The van der Waals surface area contributed by atoms with Gasteiger partial charge in [-0.1, -0.05) is 90.8 Å². The number of nitrogens with zero attached hydrogens (tertiary/aromatic N) is 10. The summed E-state index contributed by atoms with van der Waals surface area (Å²) in [5, 5.41) is 4.59. The summed E-state index contributed by atoms with van der Waals surface area (Å²) in [5.41, 5.74) is 7.79. The van der Waals surface area contributed by atoms with Gasteiger partial charge in [-0.15, -0.1) is 0 Å². The minimum absolute atomic E-state index is 0. The fraction of sp³-hybridized carbons (Fsp3) is 0.329. The number of benzene rings is 6. The zero-order chi connectivity index (χ0) is 66.3. The molecule has 3 amide bonds. The highest BCUT2D eigenvalue weighted by molar-refractivity contribution is 6.32. The van der Waals surface area contributed by atoms with Gasteiger partial charge in [-0.05, 0) is 166 Å². The van der Waals surface area contributed by atoms with Crippen LogP contribution in [0.2, 0.25) is 15.1 Å². The molecule has 0 saturated heterocycles. The first-order valence-electron chi connectivity index (χ1n) is 29.9. The van der Waals surface area contributed by atoms with Gasteiger partial charge in [-0.3, -0.25) is 24.7 Å². The molecule has 2 aliphatic heterocycles. The van der Waals surface area contributed by atoms with Crippen LogP contribution in [0.3, 0.4) is 0 Å². The summed E-state index contributed by atoms with van der Waals surface area (Å²) in [5.74, 6) is 3.35. The number of anilines is 4. The van der Waals surface area contributed by atoms with Gasteiger partial charge in [0.2, 0.25) is 11.9 Å². The quantitative estimate of drug-likeness (QED) is 0.0714. The maximum atomic E-state index is 13.7. The minimum atomic E-state index is -0.368. The van der Waals surface area contributed by atoms with E-state index in [0.29, 0.717) is 103 Å². The molecule has 0 saturated carbocycles. The third kappa shape index (κ3) is 21.7. The molecule has 0 aliphatic carbocycles. The smallest absolute Gasteiger partial charge is 0.420 e. The van der Waals surface area contributed by atoms with E-state index in [1.807, 2.05) is 158 Å². The maximum absolute atomic E-state index is 13.7. The van der Waals surface area contributed by atoms with Crippen molar-refractivity contribution in [2.45, 2.75) is 55.1 Å². The third-order valence-corrected chi connectivity index (χ3v) is 14.9. The fourth-order valence-corrected chi connectivity index (χ4v) is 9.33. The number of carbonyl (C=O) groups excluding carboxylic acids is 3. The van der Waals surface area contributed by atoms with Crippen molar-refractivity contribution in [1.82, 2.24) is 34.6 Å². The van der Waals surface area contributed by atoms with E-state index >= 15 is 0 Å². The molecule has 0 radical (unpaired) electrons. The van der Waals surface area contributed by atoms with Crippen LogP contribution in [0.15, 0.2) is 146 Å². The number of hydrogen-bond donors (Lipinski definition) is 1. The van der Waals surface area contributed by atoms with Crippen LogP contribution in [0.4, 0.5) is 28.1 Å². The Balaban J connectivity index is 0.000000199. The number of aromatic nitrogens is 4. The topological polar surface area (TPSA) is 190 Å². The van der Waals surface area contributed by atoms with Crippen molar-refractivity contribution in [3.63, 3.8) is 0 Å². The molecule has 20 nitrogen and oxygen atoms in total. The number of nitrogens with one attached hydrogen (secondary N) is 1. The second-order valence-corrected chi connectivity index (χ2v) is 23.2. The molecule has 23 heteroatoms. The molecule has 0 unspecified atom stereocenters. The number of aryl methyl sites for hydroxylation is 3. The fourth-order valence-electron chi connectivity index (χ4n) is 9.00. The van der Waals surface area contributed by atoms with E-state index in [0.717, 1.165) is 64.0 Å². The van der Waals surface area contributed by atoms with E-state index in [2.05, 4.69) is 42.3 Å². The number of ether oxygens (including phenoxy) is 6. The van der Waals surface area contributed by atoms with Crippen LogP contribution in [0.1, 0.15) is 69.8 Å². The van der Waals surface area contributed by atoms with Crippen molar-refractivity contribution in [2.75, 3.05) is 122 Å². The average molecular weight is 1330 g/mol. The van der Waals surface area contributed by atoms with Gasteiger partial charge >= 0.3 is 6.09 Å². The molecule has 8 aromatic rings. The van der Waals surface area contributed by atoms with Crippen molar-refractivity contribution in [3.8, 4) is 34.5 Å². The van der Waals surface area contributed by atoms with Crippen LogP contribution < -0.4 is 48.4 Å². The van der Waals surface area contributed by atoms with Crippen molar-refractivity contribution >= 4 is 76.0 Å². The summed E-state index contributed by atoms with van der Waals surface area (Å²) < 4.78 is 34.1. The second kappa shape index (κ2) is 36.5. The molecule has 2 aliphatic rings. The monoisotopic (exact) mass is 1330 g/mol. The normalized spacial score (nSPS) is 12.0. The Labute approximate surface area is 561 Å². The number of fused-ring (bicyclic) bond motifs is 2. The van der Waals surface area contributed by atoms with Gasteiger partial charge in [0.15, 0.2) is 6.73 Å². The Morgan fingerprint density at radius 2 is 1.06 bits per heavy atom. The summed E-state index contributed by atoms with van der Waals surface area (Å²) >= 11 is 18.0. The molecule has 2 aromatic heterocycles. The first kappa shape index (κ1) is 73.3. The van der Waals surface area contributed by atoms with E-state index in [-0.39, 0.29) is 37.2 Å². The number of para-hydroxylation sites is 2. The highest BCUT2D eigenvalue weighted by Crippen LogP contribution is 2.35. The zero-order valence-electron chi connectivity index (χ0n) is 53.9. The summed E-state index contributed by atoms with van der Waals surface area (Å²) in [6, 6.07) is 37.9. The average Bonchev–Trinajstić information content (AvgIpc) is 0.843. The minimum Gasteiger partial charge on any atom is -0.493 e. The Kier molecular flexibility index (Phi) is 28.7. The van der Waals surface area contributed by atoms with E-state index < -0.39 is 0 Å². The lowest BCUT2D eigenvalue weighted by atomic mass is 10.1. The number of rotatable bonds is 21. The number of halogens is 3. The Bertz CT molecular complexity index is 3710. The lowest BCUT2D eigenvalue weighted by molar-refractivity contribution is 0.0973. The van der Waals surface area contributed by atoms with E-state index in [4.69, 9.17) is 63.2 Å². The van der Waals surface area contributed by atoms with Gasteiger partial charge in [0, 0.05) is 77.7 Å². The summed E-state index contributed by atoms with van der Waals surface area (Å²) in [7, 11) is 11.7. The van der Waals surface area contributed by atoms with Crippen molar-refractivity contribution in [2.24, 2.45) is 0 Å². The number of likely N-dealkylation sites (N-methyl/N-ethyl adjacent to an activating group) is 3. The van der Waals surface area contributed by atoms with Gasteiger partial charge < -0.3 is 48.0 Å². The molecule has 6 aromatic carbocycles. The lowest BCUT2D eigenvalue weighted by Crippen LogP contribution is -2.38. The molecular formula is C70H84Cl3N11O9. The molecule has 0 fully saturated rings. The van der Waals surface area contributed by atoms with Gasteiger partial charge in [0.25, 0.3) is 11.8 Å². The molecular weight excluding hydrogens is 1250 g/mol. The molecule has 0 spiro atoms. The molecule has 0 bridgehead atoms. The van der Waals surface area contributed by atoms with Crippen LogP contribution in [0.25, 0.3) is 0 Å². The zero-order valence-corrected chi connectivity index (χ0v) is 56.2. The number of amides is 3. The predicted octanol–water partition coefficient (Wildman–Crippen LogP) is 13.9. The third-order valence-electron chi connectivity index (χ3n) is 13.9. The van der Waals surface area contributed by atoms with Crippen molar-refractivity contribution in [1.29, 1.82) is 0 Å². The maximum Gasteiger partial charge on any atom is 0.420 e. The summed E-state index contributed by atoms with van der Waals surface area (Å²) in [4.78, 5) is 66.5. The molecule has 93 heavy (non-hydrogen) atoms. The SMILES string of the molecule is C.CCOc1cccc(OCCN(C)C)c1C(=O)N(CCN(C)C)c1ncc(Cl)cn1.CCOc1cccc(OCCN(C)C)c1C(=O)Nc1ncc(C)cn1.Cc1cc(N2COc3ccccc3C2)ccc1Cl.Cc1cc(N2Cc3ccccc3OC2=O)ccc1Cl. The van der Waals surface area contributed by atoms with Crippen molar-refractivity contribution < 1.29 is 42.8 Å². The Morgan fingerprint density at radius 3 is 1.61 bits per heavy atom. The van der Waals surface area contributed by atoms with Crippen molar-refractivity contribution in [3.05, 3.63) is 200 Å². The highest BCUT2D eigenvalue weighted by atomic mass is 35.5. The van der Waals surface area contributed by atoms with Crippen LogP contribution in [-0.2, 0) is 13.1 Å². The largest absolute Gasteiger partial charge is 0.493 e. The van der Waals surface area contributed by atoms with Crippen LogP contribution in [0.5, 0.6) is 34.5 Å². The Hall–Kier alpha value is -8.76. The van der Waals surface area contributed by atoms with Crippen LogP contribution in [0, 0.1) is 20.8 Å². The second-order valence-electron chi connectivity index (χ2n) is 21.9. The van der Waals surface area contributed by atoms with Gasteiger partial charge in [-0.25, -0.2) is 24.7 Å². The Morgan fingerprint density at radius 1 is 0.570 bits per heavy atom. The number of hydrogen-bond acceptors (Lipinski definition) is 17. The molecule has 1 N–H and O–H groups in total. The molecule has 10 rings (SSSR count). The predicted molar refractivity (Wildman–Crippen MR) is 371 cm³/mol. The molecule has 494 valence electrons. The van der Waals surface area contributed by atoms with Gasteiger partial charge in [0.05, 0.1) is 37.2 Å². The summed E-state index contributed by atoms with van der Waals surface area (Å²) in [6.07, 6.45) is 5.88. The summed E-state index contributed by atoms with van der Waals surface area (Å²) in [6.45, 7) is 15.8. The van der Waals surface area contributed by atoms with E-state index in [1.54, 1.807) is 59.8 Å². The first-order valence-corrected chi connectivity index (χ1v) is 31.0. The van der Waals surface area contributed by atoms with E-state index in [1.165, 1.54) is 22.9 Å². The first-order chi connectivity index (χ1) is 44.2.